The quantitative estimate of drug-likeness (QED) is 0.444. The summed E-state index contributed by atoms with van der Waals surface area (Å²) in [5, 5.41) is 15.3. The Hall–Kier alpha value is -2.13. The molecule has 110 valence electrons. The molecule has 0 atom stereocenters. The maximum atomic E-state index is 13.5. The number of methoxy groups -OCH3 is 1. The lowest BCUT2D eigenvalue weighted by Gasteiger charge is -2.08. The number of benzene rings is 1. The molecule has 0 unspecified atom stereocenters. The Labute approximate surface area is 113 Å². The lowest BCUT2D eigenvalue weighted by atomic mass is 10.2. The number of nitro groups is 1. The summed E-state index contributed by atoms with van der Waals surface area (Å²) in [5.41, 5.74) is -1.50. The summed E-state index contributed by atoms with van der Waals surface area (Å²) in [6, 6.07) is 1.41. The van der Waals surface area contributed by atoms with Gasteiger partial charge in [0.1, 0.15) is 0 Å². The van der Waals surface area contributed by atoms with Crippen molar-refractivity contribution in [1.29, 1.82) is 0 Å². The number of nitro benzene ring substituents is 1. The molecular weight excluding hydrogens is 276 g/mol. The SMILES string of the molecule is COCCNCC(=O)Nc1c([N+](=O)[O-])ccc(F)c1F. The largest absolute Gasteiger partial charge is 0.383 e. The molecule has 9 heteroatoms. The predicted molar refractivity (Wildman–Crippen MR) is 66.4 cm³/mol. The van der Waals surface area contributed by atoms with Gasteiger partial charge >= 0.3 is 0 Å². The van der Waals surface area contributed by atoms with E-state index in [9.17, 15) is 23.7 Å². The Kier molecular flexibility index (Phi) is 5.94. The van der Waals surface area contributed by atoms with Crippen LogP contribution in [0.25, 0.3) is 0 Å². The molecule has 1 rings (SSSR count). The van der Waals surface area contributed by atoms with Crippen molar-refractivity contribution >= 4 is 17.3 Å². The second-order valence-corrected chi connectivity index (χ2v) is 3.73. The predicted octanol–water partition coefficient (Wildman–Crippen LogP) is 1.05. The number of carbonyl (C=O) groups is 1. The molecule has 0 saturated heterocycles. The van der Waals surface area contributed by atoms with Gasteiger partial charge in [-0.3, -0.25) is 14.9 Å². The Balaban J connectivity index is 2.78. The van der Waals surface area contributed by atoms with E-state index in [4.69, 9.17) is 4.74 Å². The summed E-state index contributed by atoms with van der Waals surface area (Å²) in [7, 11) is 1.48. The van der Waals surface area contributed by atoms with Gasteiger partial charge in [0.2, 0.25) is 5.91 Å². The minimum atomic E-state index is -1.47. The third-order valence-corrected chi connectivity index (χ3v) is 2.30. The van der Waals surface area contributed by atoms with Gasteiger partial charge in [0.05, 0.1) is 18.1 Å². The van der Waals surface area contributed by atoms with Gasteiger partial charge in [-0.25, -0.2) is 8.78 Å². The van der Waals surface area contributed by atoms with E-state index in [0.717, 1.165) is 6.07 Å². The molecule has 1 amide bonds. The molecule has 0 aromatic heterocycles. The first kappa shape index (κ1) is 15.9. The maximum absolute atomic E-state index is 13.5. The third kappa shape index (κ3) is 4.21. The highest BCUT2D eigenvalue weighted by Crippen LogP contribution is 2.28. The molecule has 0 fully saturated rings. The Bertz CT molecular complexity index is 511. The zero-order valence-corrected chi connectivity index (χ0v) is 10.6. The van der Waals surface area contributed by atoms with Crippen molar-refractivity contribution < 1.29 is 23.2 Å². The van der Waals surface area contributed by atoms with Gasteiger partial charge in [0.15, 0.2) is 17.3 Å². The fourth-order valence-corrected chi connectivity index (χ4v) is 1.37. The van der Waals surface area contributed by atoms with Crippen LogP contribution in [-0.4, -0.2) is 37.6 Å². The van der Waals surface area contributed by atoms with Crippen molar-refractivity contribution in [3.8, 4) is 0 Å². The van der Waals surface area contributed by atoms with Gasteiger partial charge in [-0.2, -0.15) is 0 Å². The standard InChI is InChI=1S/C11H13F2N3O4/c1-20-5-4-14-6-9(17)15-11-8(16(18)19)3-2-7(12)10(11)13/h2-3,14H,4-6H2,1H3,(H,15,17). The molecule has 20 heavy (non-hydrogen) atoms. The summed E-state index contributed by atoms with van der Waals surface area (Å²) < 4.78 is 31.3. The van der Waals surface area contributed by atoms with Gasteiger partial charge < -0.3 is 15.4 Å². The van der Waals surface area contributed by atoms with E-state index in [1.165, 1.54) is 7.11 Å². The van der Waals surface area contributed by atoms with Crippen LogP contribution in [0.5, 0.6) is 0 Å². The van der Waals surface area contributed by atoms with Crippen molar-refractivity contribution in [2.75, 3.05) is 32.1 Å². The number of anilines is 1. The topological polar surface area (TPSA) is 93.5 Å². The van der Waals surface area contributed by atoms with E-state index in [2.05, 4.69) is 5.32 Å². The highest BCUT2D eigenvalue weighted by molar-refractivity contribution is 5.94. The minimum Gasteiger partial charge on any atom is -0.383 e. The monoisotopic (exact) mass is 289 g/mol. The fourth-order valence-electron chi connectivity index (χ4n) is 1.37. The number of halogens is 2. The number of hydrogen-bond acceptors (Lipinski definition) is 5. The lowest BCUT2D eigenvalue weighted by Crippen LogP contribution is -2.30. The molecule has 0 spiro atoms. The number of hydrogen-bond donors (Lipinski definition) is 2. The van der Waals surface area contributed by atoms with Crippen LogP contribution in [0.15, 0.2) is 12.1 Å². The van der Waals surface area contributed by atoms with Gasteiger partial charge in [-0.15, -0.1) is 0 Å². The van der Waals surface area contributed by atoms with Gasteiger partial charge in [0.25, 0.3) is 5.69 Å². The van der Waals surface area contributed by atoms with Crippen molar-refractivity contribution in [1.82, 2.24) is 5.32 Å². The van der Waals surface area contributed by atoms with Crippen LogP contribution < -0.4 is 10.6 Å². The van der Waals surface area contributed by atoms with E-state index in [1.54, 1.807) is 0 Å². The van der Waals surface area contributed by atoms with Crippen LogP contribution >= 0.6 is 0 Å². The normalized spacial score (nSPS) is 10.3. The molecule has 0 saturated carbocycles. The summed E-state index contributed by atoms with van der Waals surface area (Å²) in [5.74, 6) is -3.48. The zero-order valence-electron chi connectivity index (χ0n) is 10.6. The molecule has 0 aliphatic carbocycles. The molecule has 2 N–H and O–H groups in total. The molecule has 1 aromatic rings. The van der Waals surface area contributed by atoms with Crippen LogP contribution in [0.4, 0.5) is 20.2 Å². The average Bonchev–Trinajstić information content (AvgIpc) is 2.40. The zero-order chi connectivity index (χ0) is 15.1. The number of ether oxygens (including phenoxy) is 1. The Morgan fingerprint density at radius 1 is 1.45 bits per heavy atom. The maximum Gasteiger partial charge on any atom is 0.296 e. The Morgan fingerprint density at radius 2 is 2.15 bits per heavy atom. The summed E-state index contributed by atoms with van der Waals surface area (Å²) in [4.78, 5) is 21.3. The van der Waals surface area contributed by atoms with Crippen LogP contribution in [0.2, 0.25) is 0 Å². The summed E-state index contributed by atoms with van der Waals surface area (Å²) in [6.07, 6.45) is 0. The lowest BCUT2D eigenvalue weighted by molar-refractivity contribution is -0.384. The van der Waals surface area contributed by atoms with Gasteiger partial charge in [-0.05, 0) is 6.07 Å². The van der Waals surface area contributed by atoms with Gasteiger partial charge in [0, 0.05) is 19.7 Å². The van der Waals surface area contributed by atoms with E-state index < -0.39 is 33.8 Å². The van der Waals surface area contributed by atoms with E-state index >= 15 is 0 Å². The molecule has 7 nitrogen and oxygen atoms in total. The first-order chi connectivity index (χ1) is 9.47. The van der Waals surface area contributed by atoms with Crippen molar-refractivity contribution in [3.63, 3.8) is 0 Å². The van der Waals surface area contributed by atoms with Gasteiger partial charge in [-0.1, -0.05) is 0 Å². The highest BCUT2D eigenvalue weighted by atomic mass is 19.2. The van der Waals surface area contributed by atoms with Crippen molar-refractivity contribution in [2.24, 2.45) is 0 Å². The van der Waals surface area contributed by atoms with E-state index in [1.807, 2.05) is 5.32 Å². The minimum absolute atomic E-state index is 0.212. The van der Waals surface area contributed by atoms with Crippen LogP contribution in [0, 0.1) is 21.7 Å². The van der Waals surface area contributed by atoms with Crippen molar-refractivity contribution in [2.45, 2.75) is 0 Å². The number of rotatable bonds is 7. The van der Waals surface area contributed by atoms with Crippen LogP contribution in [0.1, 0.15) is 0 Å². The molecule has 0 radical (unpaired) electrons. The van der Waals surface area contributed by atoms with E-state index in [-0.39, 0.29) is 6.54 Å². The second kappa shape index (κ2) is 7.46. The fraction of sp³-hybridized carbons (Fsp3) is 0.364. The number of carbonyl (C=O) groups excluding carboxylic acids is 1. The molecule has 0 aliphatic heterocycles. The smallest absolute Gasteiger partial charge is 0.296 e. The molecular formula is C11H13F2N3O4. The molecule has 0 aliphatic rings. The number of nitrogens with one attached hydrogen (secondary N) is 2. The van der Waals surface area contributed by atoms with E-state index in [0.29, 0.717) is 19.2 Å². The average molecular weight is 289 g/mol. The number of nitrogens with zero attached hydrogens (tertiary/aromatic N) is 1. The molecule has 0 bridgehead atoms. The molecule has 0 heterocycles. The first-order valence-electron chi connectivity index (χ1n) is 5.59. The Morgan fingerprint density at radius 3 is 2.75 bits per heavy atom. The number of amides is 1. The second-order valence-electron chi connectivity index (χ2n) is 3.73. The summed E-state index contributed by atoms with van der Waals surface area (Å²) in [6.45, 7) is 0.524. The third-order valence-electron chi connectivity index (χ3n) is 2.30. The van der Waals surface area contributed by atoms with Crippen molar-refractivity contribution in [3.05, 3.63) is 33.9 Å². The molecule has 1 aromatic carbocycles. The van der Waals surface area contributed by atoms with Crippen LogP contribution in [-0.2, 0) is 9.53 Å². The highest BCUT2D eigenvalue weighted by Gasteiger charge is 2.23. The van der Waals surface area contributed by atoms with Crippen LogP contribution in [0.3, 0.4) is 0 Å². The first-order valence-corrected chi connectivity index (χ1v) is 5.59. The summed E-state index contributed by atoms with van der Waals surface area (Å²) >= 11 is 0.